The van der Waals surface area contributed by atoms with Crippen molar-refractivity contribution < 1.29 is 0 Å². The van der Waals surface area contributed by atoms with Gasteiger partial charge in [-0.25, -0.2) is 0 Å². The molecule has 0 aromatic heterocycles. The lowest BCUT2D eigenvalue weighted by molar-refractivity contribution is 0.207. The number of benzene rings is 3. The van der Waals surface area contributed by atoms with Crippen molar-refractivity contribution in [2.45, 2.75) is 9.79 Å². The van der Waals surface area contributed by atoms with E-state index in [-0.39, 0.29) is 0 Å². The molecule has 0 N–H and O–H groups in total. The van der Waals surface area contributed by atoms with E-state index >= 15 is 0 Å². The maximum absolute atomic E-state index is 2.57. The Bertz CT molecular complexity index is 1000. The van der Waals surface area contributed by atoms with Crippen LogP contribution in [-0.4, -0.2) is 43.0 Å². The van der Waals surface area contributed by atoms with Gasteiger partial charge in [-0.3, -0.25) is 0 Å². The zero-order chi connectivity index (χ0) is 17.5. The number of hydrogen-bond acceptors (Lipinski definition) is 3. The van der Waals surface area contributed by atoms with Crippen molar-refractivity contribution in [3.05, 3.63) is 71.8 Å². The molecular formula is C23H22N2S. The molecule has 0 unspecified atom stereocenters. The summed E-state index contributed by atoms with van der Waals surface area (Å²) < 4.78 is 0. The normalized spacial score (nSPS) is 17.4. The average molecular weight is 359 g/mol. The molecule has 2 aliphatic heterocycles. The third-order valence-electron chi connectivity index (χ3n) is 5.40. The van der Waals surface area contributed by atoms with E-state index in [0.29, 0.717) is 0 Å². The summed E-state index contributed by atoms with van der Waals surface area (Å²) in [6.07, 6.45) is 2.40. The number of fused-ring (bicyclic) bond motifs is 3. The Hall–Kier alpha value is -2.23. The molecule has 130 valence electrons. The molecule has 2 aliphatic rings. The average Bonchev–Trinajstić information content (AvgIpc) is 2.83. The van der Waals surface area contributed by atoms with Gasteiger partial charge in [0.05, 0.1) is 0 Å². The van der Waals surface area contributed by atoms with E-state index in [1.165, 1.54) is 37.4 Å². The SMILES string of the molecule is CN1CCN(C2=Cc3ccccc3Sc3cc4ccccc4cc32)CC1. The van der Waals surface area contributed by atoms with E-state index in [1.54, 1.807) is 0 Å². The van der Waals surface area contributed by atoms with Crippen molar-refractivity contribution in [2.75, 3.05) is 33.2 Å². The fourth-order valence-corrected chi connectivity index (χ4v) is 4.94. The molecule has 0 spiro atoms. The molecule has 0 radical (unpaired) electrons. The molecule has 3 heteroatoms. The van der Waals surface area contributed by atoms with Gasteiger partial charge in [0.1, 0.15) is 0 Å². The topological polar surface area (TPSA) is 6.48 Å². The first-order chi connectivity index (χ1) is 12.8. The minimum atomic E-state index is 1.08. The van der Waals surface area contributed by atoms with Gasteiger partial charge in [-0.2, -0.15) is 0 Å². The highest BCUT2D eigenvalue weighted by molar-refractivity contribution is 7.99. The third kappa shape index (κ3) is 2.81. The number of piperazine rings is 1. The van der Waals surface area contributed by atoms with Crippen molar-refractivity contribution in [1.29, 1.82) is 0 Å². The molecule has 0 amide bonds. The molecule has 0 bridgehead atoms. The highest BCUT2D eigenvalue weighted by Gasteiger charge is 2.23. The van der Waals surface area contributed by atoms with Gasteiger partial charge in [-0.05, 0) is 47.7 Å². The van der Waals surface area contributed by atoms with Crippen molar-refractivity contribution >= 4 is 34.3 Å². The van der Waals surface area contributed by atoms with Crippen molar-refractivity contribution in [1.82, 2.24) is 9.80 Å². The summed E-state index contributed by atoms with van der Waals surface area (Å²) in [7, 11) is 2.21. The number of hydrogen-bond donors (Lipinski definition) is 0. The van der Waals surface area contributed by atoms with Crippen LogP contribution in [0.3, 0.4) is 0 Å². The van der Waals surface area contributed by atoms with Crippen LogP contribution in [0.25, 0.3) is 22.5 Å². The smallest absolute Gasteiger partial charge is 0.0458 e. The lowest BCUT2D eigenvalue weighted by atomic mass is 10.0. The summed E-state index contributed by atoms with van der Waals surface area (Å²) in [5.74, 6) is 0. The molecule has 3 aromatic rings. The minimum Gasteiger partial charge on any atom is -0.368 e. The maximum Gasteiger partial charge on any atom is 0.0458 e. The highest BCUT2D eigenvalue weighted by atomic mass is 32.2. The Balaban J connectivity index is 1.71. The van der Waals surface area contributed by atoms with Crippen LogP contribution in [0.15, 0.2) is 70.5 Å². The van der Waals surface area contributed by atoms with E-state index in [4.69, 9.17) is 0 Å². The number of nitrogens with zero attached hydrogens (tertiary/aromatic N) is 2. The molecule has 2 heterocycles. The molecule has 5 rings (SSSR count). The largest absolute Gasteiger partial charge is 0.368 e. The molecule has 0 saturated carbocycles. The van der Waals surface area contributed by atoms with Crippen LogP contribution >= 0.6 is 11.8 Å². The van der Waals surface area contributed by atoms with Crippen LogP contribution in [0.1, 0.15) is 11.1 Å². The Labute approximate surface area is 159 Å². The van der Waals surface area contributed by atoms with E-state index in [2.05, 4.69) is 83.6 Å². The summed E-state index contributed by atoms with van der Waals surface area (Å²) >= 11 is 1.90. The van der Waals surface area contributed by atoms with Gasteiger partial charge in [-0.1, -0.05) is 54.2 Å². The first-order valence-corrected chi connectivity index (χ1v) is 10.0. The molecule has 26 heavy (non-hydrogen) atoms. The van der Waals surface area contributed by atoms with Crippen LogP contribution in [0.5, 0.6) is 0 Å². The zero-order valence-electron chi connectivity index (χ0n) is 15.0. The fraction of sp³-hybridized carbons (Fsp3) is 0.217. The first-order valence-electron chi connectivity index (χ1n) is 9.23. The van der Waals surface area contributed by atoms with Crippen molar-refractivity contribution in [3.8, 4) is 0 Å². The molecule has 1 saturated heterocycles. The monoisotopic (exact) mass is 358 g/mol. The lowest BCUT2D eigenvalue weighted by Gasteiger charge is -2.36. The number of rotatable bonds is 1. The summed E-state index contributed by atoms with van der Waals surface area (Å²) in [6, 6.07) is 22.2. The van der Waals surface area contributed by atoms with Crippen LogP contribution in [0.4, 0.5) is 0 Å². The van der Waals surface area contributed by atoms with Gasteiger partial charge in [0.25, 0.3) is 0 Å². The Morgan fingerprint density at radius 3 is 2.27 bits per heavy atom. The molecule has 2 nitrogen and oxygen atoms in total. The van der Waals surface area contributed by atoms with Gasteiger partial charge < -0.3 is 9.80 Å². The van der Waals surface area contributed by atoms with E-state index in [1.807, 2.05) is 11.8 Å². The molecule has 0 atom stereocenters. The summed E-state index contributed by atoms with van der Waals surface area (Å²) in [5, 5.41) is 2.63. The Morgan fingerprint density at radius 2 is 1.46 bits per heavy atom. The van der Waals surface area contributed by atoms with Crippen LogP contribution in [-0.2, 0) is 0 Å². The minimum absolute atomic E-state index is 1.08. The maximum atomic E-state index is 2.57. The summed E-state index contributed by atoms with van der Waals surface area (Å²) in [4.78, 5) is 7.68. The van der Waals surface area contributed by atoms with Gasteiger partial charge >= 0.3 is 0 Å². The predicted octanol–water partition coefficient (Wildman–Crippen LogP) is 5.05. The number of likely N-dealkylation sites (N-methyl/N-ethyl adjacent to an activating group) is 1. The highest BCUT2D eigenvalue weighted by Crippen LogP contribution is 2.43. The van der Waals surface area contributed by atoms with E-state index < -0.39 is 0 Å². The first kappa shape index (κ1) is 16.0. The zero-order valence-corrected chi connectivity index (χ0v) is 15.8. The third-order valence-corrected chi connectivity index (χ3v) is 6.55. The predicted molar refractivity (Wildman–Crippen MR) is 111 cm³/mol. The Kier molecular flexibility index (Phi) is 3.99. The van der Waals surface area contributed by atoms with Crippen LogP contribution in [0, 0.1) is 0 Å². The van der Waals surface area contributed by atoms with Gasteiger partial charge in [0.2, 0.25) is 0 Å². The second kappa shape index (κ2) is 6.49. The van der Waals surface area contributed by atoms with Gasteiger partial charge in [-0.15, -0.1) is 0 Å². The van der Waals surface area contributed by atoms with Crippen LogP contribution in [0.2, 0.25) is 0 Å². The standard InChI is InChI=1S/C23H22N2S/c1-24-10-12-25(13-11-24)21-15-19-8-4-5-9-22(19)26-23-16-18-7-3-2-6-17(18)14-20(21)23/h2-9,14-16H,10-13H2,1H3. The molecule has 0 aliphatic carbocycles. The Morgan fingerprint density at radius 1 is 0.769 bits per heavy atom. The molecular weight excluding hydrogens is 336 g/mol. The molecule has 1 fully saturated rings. The summed E-state index contributed by atoms with van der Waals surface area (Å²) in [6.45, 7) is 4.41. The second-order valence-electron chi connectivity index (χ2n) is 7.16. The second-order valence-corrected chi connectivity index (χ2v) is 8.24. The van der Waals surface area contributed by atoms with Crippen molar-refractivity contribution in [2.24, 2.45) is 0 Å². The van der Waals surface area contributed by atoms with Gasteiger partial charge in [0.15, 0.2) is 0 Å². The summed E-state index contributed by atoms with van der Waals surface area (Å²) in [5.41, 5.74) is 4.07. The van der Waals surface area contributed by atoms with Crippen molar-refractivity contribution in [3.63, 3.8) is 0 Å². The quantitative estimate of drug-likeness (QED) is 0.601. The van der Waals surface area contributed by atoms with E-state index in [9.17, 15) is 0 Å². The van der Waals surface area contributed by atoms with Crippen LogP contribution < -0.4 is 0 Å². The van der Waals surface area contributed by atoms with Gasteiger partial charge in [0, 0.05) is 47.2 Å². The molecule has 3 aromatic carbocycles. The van der Waals surface area contributed by atoms with E-state index in [0.717, 1.165) is 26.2 Å². The fourth-order valence-electron chi connectivity index (χ4n) is 3.85. The lowest BCUT2D eigenvalue weighted by Crippen LogP contribution is -2.43.